The maximum Gasteiger partial charge on any atom is 0.328 e. The molecule has 0 radical (unpaired) electrons. The molecule has 27 heavy (non-hydrogen) atoms. The van der Waals surface area contributed by atoms with Crippen LogP contribution in [0, 0.1) is 17.2 Å². The minimum Gasteiger partial charge on any atom is -0.454 e. The van der Waals surface area contributed by atoms with E-state index in [2.05, 4.69) is 15.0 Å². The van der Waals surface area contributed by atoms with Gasteiger partial charge in [-0.15, -0.1) is 0 Å². The maximum absolute atomic E-state index is 12.0. The number of fused-ring (bicyclic) bond motifs is 1. The van der Waals surface area contributed by atoms with Crippen molar-refractivity contribution in [3.05, 3.63) is 29.8 Å². The highest BCUT2D eigenvalue weighted by Crippen LogP contribution is 2.22. The molecule has 1 aromatic carbocycles. The Kier molecular flexibility index (Phi) is 5.85. The molecule has 1 heterocycles. The highest BCUT2D eigenvalue weighted by Gasteiger charge is 2.31. The smallest absolute Gasteiger partial charge is 0.328 e. The van der Waals surface area contributed by atoms with Gasteiger partial charge in [0.05, 0.1) is 11.0 Å². The van der Waals surface area contributed by atoms with Crippen LogP contribution in [0.3, 0.4) is 0 Å². The van der Waals surface area contributed by atoms with E-state index in [1.165, 1.54) is 6.07 Å². The Morgan fingerprint density at radius 1 is 1.37 bits per heavy atom. The summed E-state index contributed by atoms with van der Waals surface area (Å²) in [6.07, 6.45) is 0. The second-order valence-electron chi connectivity index (χ2n) is 6.44. The van der Waals surface area contributed by atoms with E-state index >= 15 is 0 Å². The number of carbonyl (C=O) groups is 2. The van der Waals surface area contributed by atoms with Gasteiger partial charge in [0.25, 0.3) is 15.9 Å². The van der Waals surface area contributed by atoms with Crippen molar-refractivity contribution in [1.82, 2.24) is 10.0 Å². The molecule has 1 aromatic rings. The topological polar surface area (TPSA) is 138 Å². The summed E-state index contributed by atoms with van der Waals surface area (Å²) in [5.41, 5.74) is -0.708. The van der Waals surface area contributed by atoms with Crippen LogP contribution < -0.4 is 10.0 Å². The van der Waals surface area contributed by atoms with Crippen molar-refractivity contribution in [2.75, 3.05) is 13.2 Å². The molecule has 0 unspecified atom stereocenters. The zero-order valence-corrected chi connectivity index (χ0v) is 16.0. The molecule has 0 aliphatic carbocycles. The van der Waals surface area contributed by atoms with E-state index in [0.717, 1.165) is 0 Å². The fraction of sp³-hybridized carbons (Fsp3) is 0.412. The van der Waals surface area contributed by atoms with Gasteiger partial charge in [-0.3, -0.25) is 19.3 Å². The number of amides is 1. The Hall–Kier alpha value is -2.93. The second kappa shape index (κ2) is 7.75. The van der Waals surface area contributed by atoms with E-state index < -0.39 is 40.6 Å². The predicted molar refractivity (Wildman–Crippen MR) is 96.1 cm³/mol. The van der Waals surface area contributed by atoms with Gasteiger partial charge in [0.15, 0.2) is 6.61 Å². The number of benzene rings is 1. The molecule has 0 saturated heterocycles. The number of ether oxygens (including phenoxy) is 1. The van der Waals surface area contributed by atoms with E-state index in [9.17, 15) is 18.0 Å². The third-order valence-corrected chi connectivity index (χ3v) is 5.58. The minimum absolute atomic E-state index is 0.0452. The number of aliphatic imine (C=N–C) groups is 1. The molecule has 1 amide bonds. The van der Waals surface area contributed by atoms with Gasteiger partial charge in [0.2, 0.25) is 0 Å². The molecule has 9 nitrogen and oxygen atoms in total. The van der Waals surface area contributed by atoms with Gasteiger partial charge in [-0.1, -0.05) is 26.0 Å². The third kappa shape index (κ3) is 4.62. The van der Waals surface area contributed by atoms with Gasteiger partial charge in [-0.05, 0) is 25.0 Å². The number of esters is 1. The van der Waals surface area contributed by atoms with Gasteiger partial charge in [0, 0.05) is 5.56 Å². The first kappa shape index (κ1) is 20.4. The highest BCUT2D eigenvalue weighted by molar-refractivity contribution is 7.90. The summed E-state index contributed by atoms with van der Waals surface area (Å²) in [6.45, 7) is 4.13. The Bertz CT molecular complexity index is 933. The van der Waals surface area contributed by atoms with Crippen LogP contribution in [-0.2, 0) is 24.3 Å². The van der Waals surface area contributed by atoms with Crippen LogP contribution in [0.5, 0.6) is 0 Å². The zero-order valence-electron chi connectivity index (χ0n) is 15.1. The number of hydrogen-bond donors (Lipinski definition) is 2. The summed E-state index contributed by atoms with van der Waals surface area (Å²) in [5.74, 6) is -1.50. The average molecular weight is 392 g/mol. The van der Waals surface area contributed by atoms with E-state index in [1.54, 1.807) is 39.0 Å². The lowest BCUT2D eigenvalue weighted by Gasteiger charge is -2.27. The molecule has 0 bridgehead atoms. The first-order valence-electron chi connectivity index (χ1n) is 8.13. The monoisotopic (exact) mass is 392 g/mol. The minimum atomic E-state index is -3.69. The second-order valence-corrected chi connectivity index (χ2v) is 8.10. The van der Waals surface area contributed by atoms with Crippen LogP contribution >= 0.6 is 0 Å². The van der Waals surface area contributed by atoms with Gasteiger partial charge < -0.3 is 10.1 Å². The molecule has 1 aliphatic heterocycles. The molecule has 0 spiro atoms. The number of carbonyl (C=O) groups excluding carboxylic acids is 2. The summed E-state index contributed by atoms with van der Waals surface area (Å²) in [6, 6.07) is 8.26. The lowest BCUT2D eigenvalue weighted by Crippen LogP contribution is -2.50. The van der Waals surface area contributed by atoms with Gasteiger partial charge in [-0.25, -0.2) is 8.42 Å². The number of hydrogen-bond acceptors (Lipinski definition) is 7. The Labute approximate surface area is 157 Å². The number of nitrogens with zero attached hydrogens (tertiary/aromatic N) is 2. The van der Waals surface area contributed by atoms with Crippen LogP contribution in [0.15, 0.2) is 34.2 Å². The average Bonchev–Trinajstić information content (AvgIpc) is 2.89. The molecule has 1 atom stereocenters. The van der Waals surface area contributed by atoms with E-state index in [-0.39, 0.29) is 16.6 Å². The number of rotatable bonds is 6. The summed E-state index contributed by atoms with van der Waals surface area (Å²) in [7, 11) is -3.69. The lowest BCUT2D eigenvalue weighted by atomic mass is 9.90. The number of nitrogens with one attached hydrogen (secondary N) is 2. The SMILES string of the molecule is CC(C)[C@](C)(C#N)NC(=O)COC(=O)CN=C1NS(=O)(=O)c2ccccc21. The molecule has 1 aliphatic rings. The molecule has 0 aromatic heterocycles. The predicted octanol–water partition coefficient (Wildman–Crippen LogP) is 0.323. The molecule has 144 valence electrons. The van der Waals surface area contributed by atoms with Crippen LogP contribution in [0.2, 0.25) is 0 Å². The largest absolute Gasteiger partial charge is 0.454 e. The zero-order chi connectivity index (χ0) is 20.2. The summed E-state index contributed by atoms with van der Waals surface area (Å²) >= 11 is 0. The number of amidine groups is 1. The van der Waals surface area contributed by atoms with E-state index in [4.69, 9.17) is 10.00 Å². The highest BCUT2D eigenvalue weighted by atomic mass is 32.2. The quantitative estimate of drug-likeness (QED) is 0.669. The van der Waals surface area contributed by atoms with Crippen LogP contribution in [-0.4, -0.2) is 44.8 Å². The maximum atomic E-state index is 12.0. The van der Waals surface area contributed by atoms with Crippen molar-refractivity contribution >= 4 is 27.7 Å². The summed E-state index contributed by atoms with van der Waals surface area (Å²) < 4.78 is 31.0. The normalized spacial score (nSPS) is 18.1. The molecule has 0 saturated carbocycles. The van der Waals surface area contributed by atoms with Crippen molar-refractivity contribution in [2.24, 2.45) is 10.9 Å². The Balaban J connectivity index is 1.93. The Morgan fingerprint density at radius 2 is 2.04 bits per heavy atom. The third-order valence-electron chi connectivity index (χ3n) is 4.18. The van der Waals surface area contributed by atoms with Crippen molar-refractivity contribution in [3.63, 3.8) is 0 Å². The molecular weight excluding hydrogens is 372 g/mol. The van der Waals surface area contributed by atoms with Crippen LogP contribution in [0.4, 0.5) is 0 Å². The molecular formula is C17H20N4O5S. The van der Waals surface area contributed by atoms with Crippen molar-refractivity contribution in [2.45, 2.75) is 31.2 Å². The fourth-order valence-electron chi connectivity index (χ4n) is 2.21. The summed E-state index contributed by atoms with van der Waals surface area (Å²) in [4.78, 5) is 27.7. The van der Waals surface area contributed by atoms with Crippen LogP contribution in [0.1, 0.15) is 26.3 Å². The van der Waals surface area contributed by atoms with Crippen molar-refractivity contribution < 1.29 is 22.7 Å². The van der Waals surface area contributed by atoms with Gasteiger partial charge >= 0.3 is 5.97 Å². The standard InChI is InChI=1S/C17H20N4O5S/c1-11(2)17(3,10-18)20-14(22)9-26-15(23)8-19-16-12-6-4-5-7-13(12)27(24,25)21-16/h4-7,11H,8-9H2,1-3H3,(H,19,21)(H,20,22)/t17-/m0/s1. The molecule has 10 heteroatoms. The van der Waals surface area contributed by atoms with E-state index in [0.29, 0.717) is 5.56 Å². The van der Waals surface area contributed by atoms with Gasteiger partial charge in [0.1, 0.15) is 17.9 Å². The molecule has 2 N–H and O–H groups in total. The van der Waals surface area contributed by atoms with Crippen LogP contribution in [0.25, 0.3) is 0 Å². The fourth-order valence-corrected chi connectivity index (χ4v) is 3.46. The van der Waals surface area contributed by atoms with Crippen molar-refractivity contribution in [3.8, 4) is 6.07 Å². The van der Waals surface area contributed by atoms with E-state index in [1.807, 2.05) is 6.07 Å². The lowest BCUT2D eigenvalue weighted by molar-refractivity contribution is -0.147. The first-order chi connectivity index (χ1) is 12.6. The molecule has 0 fully saturated rings. The summed E-state index contributed by atoms with van der Waals surface area (Å²) in [5, 5.41) is 11.7. The van der Waals surface area contributed by atoms with Crippen molar-refractivity contribution in [1.29, 1.82) is 5.26 Å². The number of sulfonamides is 1. The number of nitriles is 1. The molecule has 2 rings (SSSR count). The van der Waals surface area contributed by atoms with Gasteiger partial charge in [-0.2, -0.15) is 5.26 Å². The Morgan fingerprint density at radius 3 is 2.67 bits per heavy atom. The first-order valence-corrected chi connectivity index (χ1v) is 9.62.